The molecule has 1 aromatic carbocycles. The lowest BCUT2D eigenvalue weighted by atomic mass is 10.0. The molecule has 1 atom stereocenters. The highest BCUT2D eigenvalue weighted by Gasteiger charge is 2.16. The fourth-order valence-electron chi connectivity index (χ4n) is 1.58. The number of aromatic carboxylic acids is 1. The number of carboxylic acid groups (broad SMARTS) is 1. The number of benzene rings is 1. The number of aliphatic imine (C=N–C) groups is 1. The van der Waals surface area contributed by atoms with E-state index in [1.54, 1.807) is 12.1 Å². The molecule has 0 fully saturated rings. The lowest BCUT2D eigenvalue weighted by Gasteiger charge is -2.06. The van der Waals surface area contributed by atoms with Crippen molar-refractivity contribution >= 4 is 12.0 Å². The van der Waals surface area contributed by atoms with Gasteiger partial charge in [0.1, 0.15) is 6.04 Å². The lowest BCUT2D eigenvalue weighted by molar-refractivity contribution is 0.0697. The predicted molar refractivity (Wildman–Crippen MR) is 62.1 cm³/mol. The van der Waals surface area contributed by atoms with Crippen LogP contribution in [-0.4, -0.2) is 37.8 Å². The number of isocyanates is 1. The van der Waals surface area contributed by atoms with Crippen molar-refractivity contribution in [2.45, 2.75) is 12.5 Å². The summed E-state index contributed by atoms with van der Waals surface area (Å²) in [4.78, 5) is 24.7. The van der Waals surface area contributed by atoms with Crippen molar-refractivity contribution in [2.75, 3.05) is 0 Å². The molecule has 8 heteroatoms. The van der Waals surface area contributed by atoms with Gasteiger partial charge in [-0.05, 0) is 17.7 Å². The van der Waals surface area contributed by atoms with Crippen molar-refractivity contribution in [1.82, 2.24) is 20.6 Å². The first-order chi connectivity index (χ1) is 9.20. The van der Waals surface area contributed by atoms with E-state index < -0.39 is 12.0 Å². The molecule has 0 aliphatic rings. The second kappa shape index (κ2) is 5.65. The van der Waals surface area contributed by atoms with E-state index in [9.17, 15) is 9.59 Å². The van der Waals surface area contributed by atoms with Crippen LogP contribution in [0.5, 0.6) is 0 Å². The zero-order valence-electron chi connectivity index (χ0n) is 9.65. The smallest absolute Gasteiger partial charge is 0.335 e. The number of carbonyl (C=O) groups is 1. The van der Waals surface area contributed by atoms with Crippen molar-refractivity contribution in [2.24, 2.45) is 4.99 Å². The number of H-pyrrole nitrogens is 1. The monoisotopic (exact) mass is 259 g/mol. The number of rotatable bonds is 5. The minimum atomic E-state index is -0.993. The number of aromatic amines is 1. The molecule has 2 N–H and O–H groups in total. The Morgan fingerprint density at radius 3 is 2.68 bits per heavy atom. The van der Waals surface area contributed by atoms with E-state index >= 15 is 0 Å². The quantitative estimate of drug-likeness (QED) is 0.596. The molecule has 2 aromatic rings. The number of carbonyl (C=O) groups excluding carboxylic acids is 1. The third-order valence-corrected chi connectivity index (χ3v) is 2.50. The highest BCUT2D eigenvalue weighted by molar-refractivity contribution is 5.87. The van der Waals surface area contributed by atoms with Gasteiger partial charge in [-0.3, -0.25) is 0 Å². The van der Waals surface area contributed by atoms with Crippen LogP contribution in [0, 0.1) is 0 Å². The number of aromatic nitrogens is 4. The average Bonchev–Trinajstić information content (AvgIpc) is 2.92. The third kappa shape index (κ3) is 3.08. The van der Waals surface area contributed by atoms with Crippen molar-refractivity contribution in [3.8, 4) is 0 Å². The van der Waals surface area contributed by atoms with Gasteiger partial charge in [0, 0.05) is 6.42 Å². The summed E-state index contributed by atoms with van der Waals surface area (Å²) < 4.78 is 0. The Kier molecular flexibility index (Phi) is 3.75. The van der Waals surface area contributed by atoms with Gasteiger partial charge in [0.05, 0.1) is 5.56 Å². The van der Waals surface area contributed by atoms with Crippen LogP contribution in [0.15, 0.2) is 29.3 Å². The topological polar surface area (TPSA) is 121 Å². The van der Waals surface area contributed by atoms with Gasteiger partial charge in [0.15, 0.2) is 5.82 Å². The summed E-state index contributed by atoms with van der Waals surface area (Å²) in [6.45, 7) is 0. The number of nitrogens with one attached hydrogen (secondary N) is 1. The Balaban J connectivity index is 2.18. The molecule has 0 aliphatic heterocycles. The molecule has 0 saturated heterocycles. The van der Waals surface area contributed by atoms with E-state index in [1.165, 1.54) is 18.2 Å². The van der Waals surface area contributed by atoms with E-state index in [-0.39, 0.29) is 11.4 Å². The molecule has 0 saturated carbocycles. The summed E-state index contributed by atoms with van der Waals surface area (Å²) in [5, 5.41) is 22.0. The van der Waals surface area contributed by atoms with Crippen molar-refractivity contribution < 1.29 is 14.7 Å². The molecule has 1 heterocycles. The van der Waals surface area contributed by atoms with Crippen LogP contribution in [0.2, 0.25) is 0 Å². The van der Waals surface area contributed by atoms with Gasteiger partial charge >= 0.3 is 5.97 Å². The minimum Gasteiger partial charge on any atom is -0.478 e. The zero-order valence-corrected chi connectivity index (χ0v) is 9.65. The van der Waals surface area contributed by atoms with Gasteiger partial charge in [-0.1, -0.05) is 17.3 Å². The molecule has 0 bridgehead atoms. The summed E-state index contributed by atoms with van der Waals surface area (Å²) in [5.41, 5.74) is 0.998. The van der Waals surface area contributed by atoms with E-state index in [0.29, 0.717) is 6.42 Å². The van der Waals surface area contributed by atoms with E-state index in [1.807, 2.05) is 0 Å². The van der Waals surface area contributed by atoms with Crippen LogP contribution in [0.25, 0.3) is 0 Å². The molecule has 96 valence electrons. The van der Waals surface area contributed by atoms with Crippen LogP contribution in [0.3, 0.4) is 0 Å². The first kappa shape index (κ1) is 12.6. The number of carboxylic acids is 1. The minimum absolute atomic E-state index is 0.193. The van der Waals surface area contributed by atoms with Crippen molar-refractivity contribution in [3.05, 3.63) is 41.2 Å². The maximum atomic E-state index is 10.7. The fraction of sp³-hybridized carbons (Fsp3) is 0.182. The number of hydrogen-bond donors (Lipinski definition) is 2. The van der Waals surface area contributed by atoms with Gasteiger partial charge in [-0.2, -0.15) is 10.2 Å². The van der Waals surface area contributed by atoms with Crippen LogP contribution in [0.4, 0.5) is 0 Å². The first-order valence-corrected chi connectivity index (χ1v) is 5.33. The van der Waals surface area contributed by atoms with Crippen LogP contribution >= 0.6 is 0 Å². The Morgan fingerprint density at radius 2 is 2.16 bits per heavy atom. The molecular weight excluding hydrogens is 250 g/mol. The third-order valence-electron chi connectivity index (χ3n) is 2.50. The number of nitrogens with zero attached hydrogens (tertiary/aromatic N) is 4. The Morgan fingerprint density at radius 1 is 1.42 bits per heavy atom. The normalized spacial score (nSPS) is 11.6. The molecule has 19 heavy (non-hydrogen) atoms. The molecule has 0 amide bonds. The zero-order chi connectivity index (χ0) is 13.7. The molecule has 2 rings (SSSR count). The predicted octanol–water partition coefficient (Wildman–Crippen LogP) is 0.517. The second-order valence-electron chi connectivity index (χ2n) is 3.71. The fourth-order valence-corrected chi connectivity index (χ4v) is 1.58. The average molecular weight is 259 g/mol. The molecule has 8 nitrogen and oxygen atoms in total. The summed E-state index contributed by atoms with van der Waals surface area (Å²) in [7, 11) is 0. The highest BCUT2D eigenvalue weighted by atomic mass is 16.4. The van der Waals surface area contributed by atoms with Crippen molar-refractivity contribution in [3.63, 3.8) is 0 Å². The summed E-state index contributed by atoms with van der Waals surface area (Å²) in [5.74, 6) is -0.710. The van der Waals surface area contributed by atoms with Crippen molar-refractivity contribution in [1.29, 1.82) is 0 Å². The van der Waals surface area contributed by atoms with Gasteiger partial charge in [0.2, 0.25) is 6.08 Å². The molecular formula is C11H9N5O3. The summed E-state index contributed by atoms with van der Waals surface area (Å²) in [6, 6.07) is 5.67. The van der Waals surface area contributed by atoms with E-state index in [0.717, 1.165) is 5.56 Å². The maximum Gasteiger partial charge on any atom is 0.335 e. The standard InChI is InChI=1S/C11H9N5O3/c17-6-12-9(10-13-15-16-14-10)5-7-1-3-8(4-2-7)11(18)19/h1-4,9H,5H2,(H,18,19)(H,13,14,15,16). The Bertz CT molecular complexity index is 602. The van der Waals surface area contributed by atoms with E-state index in [4.69, 9.17) is 5.11 Å². The molecule has 0 spiro atoms. The van der Waals surface area contributed by atoms with Gasteiger partial charge in [-0.15, -0.1) is 10.2 Å². The number of tetrazole rings is 1. The molecule has 1 aromatic heterocycles. The van der Waals surface area contributed by atoms with Crippen LogP contribution in [0.1, 0.15) is 27.8 Å². The largest absolute Gasteiger partial charge is 0.478 e. The maximum absolute atomic E-state index is 10.7. The SMILES string of the molecule is O=C=NC(Cc1ccc(C(=O)O)cc1)c1nn[nH]n1. The van der Waals surface area contributed by atoms with Gasteiger partial charge < -0.3 is 5.11 Å². The van der Waals surface area contributed by atoms with Crippen LogP contribution < -0.4 is 0 Å². The first-order valence-electron chi connectivity index (χ1n) is 5.33. The molecule has 1 unspecified atom stereocenters. The second-order valence-corrected chi connectivity index (χ2v) is 3.71. The van der Waals surface area contributed by atoms with Crippen LogP contribution in [-0.2, 0) is 11.2 Å². The summed E-state index contributed by atoms with van der Waals surface area (Å²) in [6.07, 6.45) is 1.82. The van der Waals surface area contributed by atoms with Gasteiger partial charge in [-0.25, -0.2) is 9.59 Å². The highest BCUT2D eigenvalue weighted by Crippen LogP contribution is 2.18. The van der Waals surface area contributed by atoms with Gasteiger partial charge in [0.25, 0.3) is 0 Å². The number of hydrogen-bond acceptors (Lipinski definition) is 6. The molecule has 0 radical (unpaired) electrons. The lowest BCUT2D eigenvalue weighted by Crippen LogP contribution is -2.03. The summed E-state index contributed by atoms with van der Waals surface area (Å²) >= 11 is 0. The van der Waals surface area contributed by atoms with E-state index in [2.05, 4.69) is 25.6 Å². The Labute approximate surface area is 107 Å². The molecule has 0 aliphatic carbocycles. The Hall–Kier alpha value is -2.86.